The standard InChI is InChI=1S/C15H30N2O2S/c1-2-12-17(15(13-16)10-6-7-11-15)20(18,19)14-8-4-3-5-9-14/h14H,2-13,16H2,1H3. The molecule has 0 saturated heterocycles. The molecule has 4 nitrogen and oxygen atoms in total. The Bertz CT molecular complexity index is 396. The van der Waals surface area contributed by atoms with Gasteiger partial charge in [-0.25, -0.2) is 8.42 Å². The van der Waals surface area contributed by atoms with E-state index in [1.165, 1.54) is 6.42 Å². The van der Waals surface area contributed by atoms with Crippen LogP contribution in [0.1, 0.15) is 71.1 Å². The topological polar surface area (TPSA) is 63.4 Å². The second-order valence-electron chi connectivity index (χ2n) is 6.51. The highest BCUT2D eigenvalue weighted by Crippen LogP contribution is 2.39. The maximum atomic E-state index is 13.1. The van der Waals surface area contributed by atoms with E-state index in [2.05, 4.69) is 6.92 Å². The summed E-state index contributed by atoms with van der Waals surface area (Å²) in [6.07, 6.45) is 9.93. The summed E-state index contributed by atoms with van der Waals surface area (Å²) in [5.74, 6) is 0. The molecule has 2 fully saturated rings. The highest BCUT2D eigenvalue weighted by molar-refractivity contribution is 7.89. The molecule has 0 bridgehead atoms. The molecule has 2 aliphatic rings. The molecule has 2 aliphatic carbocycles. The maximum absolute atomic E-state index is 13.1. The molecular weight excluding hydrogens is 272 g/mol. The minimum absolute atomic E-state index is 0.160. The molecule has 2 saturated carbocycles. The van der Waals surface area contributed by atoms with E-state index in [1.807, 2.05) is 4.31 Å². The van der Waals surface area contributed by atoms with Crippen molar-refractivity contribution in [3.8, 4) is 0 Å². The average Bonchev–Trinajstić information content (AvgIpc) is 2.95. The van der Waals surface area contributed by atoms with Gasteiger partial charge in [-0.1, -0.05) is 39.0 Å². The highest BCUT2D eigenvalue weighted by Gasteiger charge is 2.46. The van der Waals surface area contributed by atoms with E-state index in [4.69, 9.17) is 5.73 Å². The second-order valence-corrected chi connectivity index (χ2v) is 8.65. The van der Waals surface area contributed by atoms with Crippen molar-refractivity contribution in [2.45, 2.75) is 81.9 Å². The van der Waals surface area contributed by atoms with Crippen molar-refractivity contribution in [1.82, 2.24) is 4.31 Å². The molecule has 5 heteroatoms. The summed E-state index contributed by atoms with van der Waals surface area (Å²) in [5.41, 5.74) is 5.73. The summed E-state index contributed by atoms with van der Waals surface area (Å²) in [7, 11) is -3.19. The van der Waals surface area contributed by atoms with Crippen LogP contribution < -0.4 is 5.73 Å². The zero-order valence-corrected chi connectivity index (χ0v) is 13.6. The molecule has 0 aromatic heterocycles. The highest BCUT2D eigenvalue weighted by atomic mass is 32.2. The van der Waals surface area contributed by atoms with Gasteiger partial charge >= 0.3 is 0 Å². The van der Waals surface area contributed by atoms with Crippen molar-refractivity contribution in [2.24, 2.45) is 5.73 Å². The molecule has 0 spiro atoms. The molecular formula is C15H30N2O2S. The molecule has 0 aromatic rings. The Balaban J connectivity index is 2.26. The number of hydrogen-bond acceptors (Lipinski definition) is 3. The van der Waals surface area contributed by atoms with Crippen molar-refractivity contribution in [2.75, 3.05) is 13.1 Å². The van der Waals surface area contributed by atoms with Crippen LogP contribution in [0.25, 0.3) is 0 Å². The molecule has 0 aliphatic heterocycles. The number of hydrogen-bond donors (Lipinski definition) is 1. The molecule has 0 radical (unpaired) electrons. The van der Waals surface area contributed by atoms with Crippen molar-refractivity contribution in [1.29, 1.82) is 0 Å². The smallest absolute Gasteiger partial charge is 0.217 e. The predicted molar refractivity (Wildman–Crippen MR) is 83.0 cm³/mol. The molecule has 2 N–H and O–H groups in total. The van der Waals surface area contributed by atoms with Crippen LogP contribution in [0.3, 0.4) is 0 Å². The first-order valence-electron chi connectivity index (χ1n) is 8.28. The van der Waals surface area contributed by atoms with E-state index in [0.717, 1.165) is 57.8 Å². The van der Waals surface area contributed by atoms with Gasteiger partial charge in [-0.05, 0) is 32.1 Å². The molecule has 0 unspecified atom stereocenters. The Morgan fingerprint density at radius 1 is 1.10 bits per heavy atom. The van der Waals surface area contributed by atoms with Gasteiger partial charge in [0.25, 0.3) is 0 Å². The lowest BCUT2D eigenvalue weighted by molar-refractivity contribution is 0.193. The summed E-state index contributed by atoms with van der Waals surface area (Å²) in [5, 5.41) is -0.160. The summed E-state index contributed by atoms with van der Waals surface area (Å²) in [6.45, 7) is 3.16. The van der Waals surface area contributed by atoms with E-state index in [0.29, 0.717) is 13.1 Å². The molecule has 0 heterocycles. The van der Waals surface area contributed by atoms with E-state index in [1.54, 1.807) is 0 Å². The zero-order chi connectivity index (χ0) is 14.6. The van der Waals surface area contributed by atoms with E-state index < -0.39 is 10.0 Å². The largest absolute Gasteiger partial charge is 0.329 e. The zero-order valence-electron chi connectivity index (χ0n) is 12.8. The molecule has 20 heavy (non-hydrogen) atoms. The first kappa shape index (κ1) is 16.2. The number of nitrogens with zero attached hydrogens (tertiary/aromatic N) is 1. The Morgan fingerprint density at radius 3 is 2.20 bits per heavy atom. The summed E-state index contributed by atoms with van der Waals surface area (Å²) in [6, 6.07) is 0. The monoisotopic (exact) mass is 302 g/mol. The average molecular weight is 302 g/mol. The van der Waals surface area contributed by atoms with Crippen LogP contribution in [0.2, 0.25) is 0 Å². The van der Waals surface area contributed by atoms with Gasteiger partial charge in [0.15, 0.2) is 0 Å². The van der Waals surface area contributed by atoms with Crippen LogP contribution in [-0.4, -0.2) is 36.6 Å². The number of sulfonamides is 1. The van der Waals surface area contributed by atoms with Gasteiger partial charge in [0, 0.05) is 18.6 Å². The third-order valence-electron chi connectivity index (χ3n) is 5.15. The van der Waals surface area contributed by atoms with Crippen LogP contribution in [0.4, 0.5) is 0 Å². The lowest BCUT2D eigenvalue weighted by Crippen LogP contribution is -2.57. The number of rotatable bonds is 6. The minimum Gasteiger partial charge on any atom is -0.329 e. The summed E-state index contributed by atoms with van der Waals surface area (Å²) >= 11 is 0. The van der Waals surface area contributed by atoms with Gasteiger partial charge in [-0.15, -0.1) is 0 Å². The molecule has 118 valence electrons. The fraction of sp³-hybridized carbons (Fsp3) is 1.00. The Labute approximate surface area is 124 Å². The SMILES string of the molecule is CCCN(C1(CN)CCCC1)S(=O)(=O)C1CCCCC1. The minimum atomic E-state index is -3.19. The van der Waals surface area contributed by atoms with Crippen LogP contribution in [0.15, 0.2) is 0 Å². The normalized spacial score (nSPS) is 24.4. The van der Waals surface area contributed by atoms with Gasteiger partial charge < -0.3 is 5.73 Å². The molecule has 0 amide bonds. The van der Waals surface area contributed by atoms with Crippen LogP contribution in [-0.2, 0) is 10.0 Å². The van der Waals surface area contributed by atoms with E-state index >= 15 is 0 Å². The van der Waals surface area contributed by atoms with Gasteiger partial charge in [0.05, 0.1) is 5.25 Å². The Kier molecular flexibility index (Phi) is 5.49. The third kappa shape index (κ3) is 3.04. The van der Waals surface area contributed by atoms with Crippen LogP contribution in [0.5, 0.6) is 0 Å². The Morgan fingerprint density at radius 2 is 1.70 bits per heavy atom. The van der Waals surface area contributed by atoms with Crippen LogP contribution in [0, 0.1) is 0 Å². The summed E-state index contributed by atoms with van der Waals surface area (Å²) < 4.78 is 28.0. The molecule has 0 aromatic carbocycles. The lowest BCUT2D eigenvalue weighted by atomic mass is 9.98. The van der Waals surface area contributed by atoms with Gasteiger partial charge in [-0.3, -0.25) is 0 Å². The Hall–Kier alpha value is -0.130. The number of nitrogens with two attached hydrogens (primary N) is 1. The fourth-order valence-electron chi connectivity index (χ4n) is 3.97. The van der Waals surface area contributed by atoms with Gasteiger partial charge in [0.2, 0.25) is 10.0 Å². The lowest BCUT2D eigenvalue weighted by Gasteiger charge is -2.42. The molecule has 2 rings (SSSR count). The van der Waals surface area contributed by atoms with Crippen molar-refractivity contribution in [3.63, 3.8) is 0 Å². The quantitative estimate of drug-likeness (QED) is 0.820. The van der Waals surface area contributed by atoms with Gasteiger partial charge in [0.1, 0.15) is 0 Å². The van der Waals surface area contributed by atoms with Crippen molar-refractivity contribution < 1.29 is 8.42 Å². The first-order chi connectivity index (χ1) is 9.57. The van der Waals surface area contributed by atoms with E-state index in [-0.39, 0.29) is 10.8 Å². The summed E-state index contributed by atoms with van der Waals surface area (Å²) in [4.78, 5) is 0. The first-order valence-corrected chi connectivity index (χ1v) is 9.79. The van der Waals surface area contributed by atoms with Crippen molar-refractivity contribution >= 4 is 10.0 Å². The predicted octanol–water partition coefficient (Wildman–Crippen LogP) is 2.63. The molecule has 0 atom stereocenters. The maximum Gasteiger partial charge on any atom is 0.217 e. The van der Waals surface area contributed by atoms with Gasteiger partial charge in [-0.2, -0.15) is 4.31 Å². The van der Waals surface area contributed by atoms with Crippen LogP contribution >= 0.6 is 0 Å². The third-order valence-corrected chi connectivity index (χ3v) is 7.65. The van der Waals surface area contributed by atoms with Crippen molar-refractivity contribution in [3.05, 3.63) is 0 Å². The second kappa shape index (κ2) is 6.75. The fourth-order valence-corrected chi connectivity index (χ4v) is 6.49. The van der Waals surface area contributed by atoms with E-state index in [9.17, 15) is 8.42 Å².